The molecule has 10 heteroatoms. The molecule has 2 N–H and O–H groups in total. The van der Waals surface area contributed by atoms with Crippen LogP contribution in [-0.4, -0.2) is 47.4 Å². The predicted octanol–water partition coefficient (Wildman–Crippen LogP) is 1.56. The van der Waals surface area contributed by atoms with E-state index in [1.165, 1.54) is 56.6 Å². The molecule has 0 bridgehead atoms. The van der Waals surface area contributed by atoms with Crippen LogP contribution >= 0.6 is 0 Å². The Kier molecular flexibility index (Phi) is 5.69. The van der Waals surface area contributed by atoms with Crippen molar-refractivity contribution in [3.63, 3.8) is 0 Å². The molecule has 0 spiro atoms. The topological polar surface area (TPSA) is 113 Å². The van der Waals surface area contributed by atoms with Crippen molar-refractivity contribution in [1.29, 1.82) is 0 Å². The molecular formula is C16H19N3O5S2. The lowest BCUT2D eigenvalue weighted by Crippen LogP contribution is -2.22. The van der Waals surface area contributed by atoms with Gasteiger partial charge in [0.1, 0.15) is 0 Å². The fraction of sp³-hybridized carbons (Fsp3) is 0.188. The zero-order valence-electron chi connectivity index (χ0n) is 14.4. The Morgan fingerprint density at radius 3 is 2.15 bits per heavy atom. The summed E-state index contributed by atoms with van der Waals surface area (Å²) in [6, 6.07) is 11.8. The minimum atomic E-state index is -3.62. The average molecular weight is 397 g/mol. The number of benzene rings is 2. The molecule has 8 nitrogen and oxygen atoms in total. The second-order valence-electron chi connectivity index (χ2n) is 5.72. The van der Waals surface area contributed by atoms with Gasteiger partial charge in [0, 0.05) is 31.0 Å². The molecular weight excluding hydrogens is 378 g/mol. The first-order chi connectivity index (χ1) is 12.0. The van der Waals surface area contributed by atoms with Crippen LogP contribution in [0.25, 0.3) is 0 Å². The van der Waals surface area contributed by atoms with Crippen LogP contribution in [0.15, 0.2) is 53.4 Å². The maximum atomic E-state index is 12.4. The summed E-state index contributed by atoms with van der Waals surface area (Å²) in [6.45, 7) is 0. The monoisotopic (exact) mass is 397 g/mol. The van der Waals surface area contributed by atoms with E-state index in [0.717, 1.165) is 10.6 Å². The lowest BCUT2D eigenvalue weighted by Gasteiger charge is -2.13. The molecule has 0 aliphatic carbocycles. The summed E-state index contributed by atoms with van der Waals surface area (Å²) < 4.78 is 50.3. The Bertz CT molecular complexity index is 1030. The van der Waals surface area contributed by atoms with Gasteiger partial charge in [0.2, 0.25) is 20.0 Å². The first-order valence-electron chi connectivity index (χ1n) is 7.41. The lowest BCUT2D eigenvalue weighted by molar-refractivity contribution is 0.102. The van der Waals surface area contributed by atoms with Crippen LogP contribution in [-0.2, 0) is 20.0 Å². The van der Waals surface area contributed by atoms with Crippen LogP contribution in [0, 0.1) is 0 Å². The molecule has 0 atom stereocenters. The van der Waals surface area contributed by atoms with Crippen molar-refractivity contribution in [2.45, 2.75) is 4.90 Å². The second-order valence-corrected chi connectivity index (χ2v) is 9.62. The quantitative estimate of drug-likeness (QED) is 0.768. The van der Waals surface area contributed by atoms with Crippen LogP contribution in [0.5, 0.6) is 0 Å². The molecule has 2 rings (SSSR count). The van der Waals surface area contributed by atoms with Gasteiger partial charge < -0.3 is 5.32 Å². The summed E-state index contributed by atoms with van der Waals surface area (Å²) >= 11 is 0. The largest absolute Gasteiger partial charge is 0.322 e. The molecule has 140 valence electrons. The van der Waals surface area contributed by atoms with Gasteiger partial charge in [0.25, 0.3) is 5.91 Å². The molecule has 0 saturated carbocycles. The summed E-state index contributed by atoms with van der Waals surface area (Å²) in [5, 5.41) is 2.60. The zero-order valence-corrected chi connectivity index (χ0v) is 16.1. The first-order valence-corrected chi connectivity index (χ1v) is 10.7. The highest BCUT2D eigenvalue weighted by Crippen LogP contribution is 2.19. The van der Waals surface area contributed by atoms with Crippen LogP contribution in [0.4, 0.5) is 11.4 Å². The summed E-state index contributed by atoms with van der Waals surface area (Å²) in [7, 11) is -4.25. The van der Waals surface area contributed by atoms with Crippen LogP contribution in [0.3, 0.4) is 0 Å². The molecule has 2 aromatic rings. The zero-order chi connectivity index (χ0) is 19.5. The summed E-state index contributed by atoms with van der Waals surface area (Å²) in [6.07, 6.45) is 1.01. The molecule has 0 aliphatic heterocycles. The van der Waals surface area contributed by atoms with E-state index in [-0.39, 0.29) is 16.1 Å². The van der Waals surface area contributed by atoms with E-state index in [0.29, 0.717) is 5.69 Å². The number of anilines is 2. The fourth-order valence-electron chi connectivity index (χ4n) is 2.09. The Hall–Kier alpha value is -2.43. The molecule has 0 aromatic heterocycles. The van der Waals surface area contributed by atoms with E-state index < -0.39 is 26.0 Å². The summed E-state index contributed by atoms with van der Waals surface area (Å²) in [4.78, 5) is 12.4. The minimum absolute atomic E-state index is 0.0489. The van der Waals surface area contributed by atoms with Gasteiger partial charge >= 0.3 is 0 Å². The van der Waals surface area contributed by atoms with E-state index in [4.69, 9.17) is 0 Å². The predicted molar refractivity (Wildman–Crippen MR) is 100 cm³/mol. The van der Waals surface area contributed by atoms with Crippen molar-refractivity contribution < 1.29 is 21.6 Å². The van der Waals surface area contributed by atoms with Gasteiger partial charge in [-0.25, -0.2) is 21.1 Å². The minimum Gasteiger partial charge on any atom is -0.322 e. The molecule has 26 heavy (non-hydrogen) atoms. The Morgan fingerprint density at radius 1 is 0.923 bits per heavy atom. The number of sulfonamides is 2. The van der Waals surface area contributed by atoms with Gasteiger partial charge in [-0.15, -0.1) is 0 Å². The number of hydrogen-bond acceptors (Lipinski definition) is 5. The van der Waals surface area contributed by atoms with E-state index in [9.17, 15) is 21.6 Å². The van der Waals surface area contributed by atoms with Gasteiger partial charge in [-0.3, -0.25) is 9.52 Å². The average Bonchev–Trinajstić information content (AvgIpc) is 2.53. The van der Waals surface area contributed by atoms with Crippen LogP contribution in [0.1, 0.15) is 10.4 Å². The van der Waals surface area contributed by atoms with Gasteiger partial charge in [0.15, 0.2) is 0 Å². The van der Waals surface area contributed by atoms with Crippen molar-refractivity contribution in [3.8, 4) is 0 Å². The molecule has 0 unspecified atom stereocenters. The lowest BCUT2D eigenvalue weighted by atomic mass is 10.2. The van der Waals surface area contributed by atoms with E-state index in [1.54, 1.807) is 6.07 Å². The highest BCUT2D eigenvalue weighted by molar-refractivity contribution is 7.92. The molecule has 1 amide bonds. The van der Waals surface area contributed by atoms with E-state index in [2.05, 4.69) is 10.0 Å². The number of carbonyl (C=O) groups is 1. The van der Waals surface area contributed by atoms with Crippen molar-refractivity contribution >= 4 is 37.3 Å². The van der Waals surface area contributed by atoms with Gasteiger partial charge in [-0.05, 0) is 36.4 Å². The highest BCUT2D eigenvalue weighted by atomic mass is 32.2. The van der Waals surface area contributed by atoms with Crippen molar-refractivity contribution in [1.82, 2.24) is 4.31 Å². The molecule has 0 radical (unpaired) electrons. The van der Waals surface area contributed by atoms with E-state index >= 15 is 0 Å². The molecule has 2 aromatic carbocycles. The molecule has 0 heterocycles. The van der Waals surface area contributed by atoms with Gasteiger partial charge in [0.05, 0.1) is 11.2 Å². The van der Waals surface area contributed by atoms with E-state index in [1.807, 2.05) is 0 Å². The number of carbonyl (C=O) groups excluding carboxylic acids is 1. The smallest absolute Gasteiger partial charge is 0.255 e. The Labute approximate surface area is 152 Å². The standard InChI is InChI=1S/C16H19N3O5S2/c1-19(2)26(23,24)15-9-5-7-13(11-15)17-16(20)12-6-4-8-14(10-12)18-25(3,21)22/h4-11,18H,1-3H3,(H,17,20). The normalized spacial score (nSPS) is 12.0. The van der Waals surface area contributed by atoms with Gasteiger partial charge in [-0.2, -0.15) is 0 Å². The number of nitrogens with zero attached hydrogens (tertiary/aromatic N) is 1. The third kappa shape index (κ3) is 5.04. The number of amides is 1. The highest BCUT2D eigenvalue weighted by Gasteiger charge is 2.18. The van der Waals surface area contributed by atoms with Crippen LogP contribution < -0.4 is 10.0 Å². The number of nitrogens with one attached hydrogen (secondary N) is 2. The maximum Gasteiger partial charge on any atom is 0.255 e. The first kappa shape index (κ1) is 19.9. The van der Waals surface area contributed by atoms with Crippen molar-refractivity contribution in [2.24, 2.45) is 0 Å². The summed E-state index contributed by atoms with van der Waals surface area (Å²) in [5.74, 6) is -0.499. The third-order valence-electron chi connectivity index (χ3n) is 3.30. The fourth-order valence-corrected chi connectivity index (χ4v) is 3.59. The Morgan fingerprint density at radius 2 is 1.54 bits per heavy atom. The summed E-state index contributed by atoms with van der Waals surface area (Å²) in [5.41, 5.74) is 0.781. The Balaban J connectivity index is 2.25. The third-order valence-corrected chi connectivity index (χ3v) is 5.72. The number of hydrogen-bond donors (Lipinski definition) is 2. The van der Waals surface area contributed by atoms with Crippen molar-refractivity contribution in [2.75, 3.05) is 30.4 Å². The second kappa shape index (κ2) is 7.44. The molecule has 0 aliphatic rings. The number of rotatable bonds is 6. The molecule has 0 fully saturated rings. The maximum absolute atomic E-state index is 12.4. The van der Waals surface area contributed by atoms with Crippen LogP contribution in [0.2, 0.25) is 0 Å². The molecule has 0 saturated heterocycles. The SMILES string of the molecule is CN(C)S(=O)(=O)c1cccc(NC(=O)c2cccc(NS(C)(=O)=O)c2)c1. The van der Waals surface area contributed by atoms with Crippen molar-refractivity contribution in [3.05, 3.63) is 54.1 Å². The van der Waals surface area contributed by atoms with Gasteiger partial charge in [-0.1, -0.05) is 12.1 Å².